The van der Waals surface area contributed by atoms with Crippen LogP contribution in [0.5, 0.6) is 0 Å². The van der Waals surface area contributed by atoms with Gasteiger partial charge in [0.25, 0.3) is 0 Å². The summed E-state index contributed by atoms with van der Waals surface area (Å²) in [5.74, 6) is 0.659. The van der Waals surface area contributed by atoms with Crippen molar-refractivity contribution in [1.29, 1.82) is 0 Å². The fourth-order valence-corrected chi connectivity index (χ4v) is 1.93. The molecule has 0 fully saturated rings. The summed E-state index contributed by atoms with van der Waals surface area (Å²) >= 11 is 0. The van der Waals surface area contributed by atoms with Crippen molar-refractivity contribution in [1.82, 2.24) is 4.90 Å². The van der Waals surface area contributed by atoms with Crippen molar-refractivity contribution < 1.29 is 0 Å². The topological polar surface area (TPSA) is 3.24 Å². The highest BCUT2D eigenvalue weighted by molar-refractivity contribution is 5.17. The summed E-state index contributed by atoms with van der Waals surface area (Å²) in [5.41, 5.74) is 1.58. The van der Waals surface area contributed by atoms with Crippen LogP contribution in [-0.2, 0) is 0 Å². The molecule has 0 amide bonds. The van der Waals surface area contributed by atoms with Gasteiger partial charge >= 0.3 is 0 Å². The fraction of sp³-hybridized carbons (Fsp3) is 0.643. The van der Waals surface area contributed by atoms with Gasteiger partial charge in [0.2, 0.25) is 0 Å². The first-order valence-corrected chi connectivity index (χ1v) is 6.02. The molecule has 0 N–H and O–H groups in total. The first-order chi connectivity index (χ1) is 7.18. The summed E-state index contributed by atoms with van der Waals surface area (Å²) in [5, 5.41) is 0. The Kier molecular flexibility index (Phi) is 5.70. The minimum Gasteiger partial charge on any atom is -0.297 e. The zero-order valence-electron chi connectivity index (χ0n) is 10.1. The first-order valence-electron chi connectivity index (χ1n) is 6.02. The smallest absolute Gasteiger partial charge is 0.0438 e. The van der Waals surface area contributed by atoms with Crippen molar-refractivity contribution in [2.75, 3.05) is 13.1 Å². The highest BCUT2D eigenvalue weighted by Crippen LogP contribution is 2.17. The van der Waals surface area contributed by atoms with Crippen LogP contribution >= 0.6 is 0 Å². The van der Waals surface area contributed by atoms with Crippen molar-refractivity contribution in [3.05, 3.63) is 30.8 Å². The maximum atomic E-state index is 5.89. The summed E-state index contributed by atoms with van der Waals surface area (Å²) in [4.78, 5) is 1.95. The number of rotatable bonds is 6. The SMILES string of the molecule is [CH]N(CCCC1=CC=CCC1)CC(C)C. The van der Waals surface area contributed by atoms with Gasteiger partial charge in [0.1, 0.15) is 0 Å². The normalized spacial score (nSPS) is 16.2. The molecule has 0 unspecified atom stereocenters. The zero-order valence-corrected chi connectivity index (χ0v) is 10.1. The van der Waals surface area contributed by atoms with E-state index in [9.17, 15) is 0 Å². The maximum absolute atomic E-state index is 5.89. The summed E-state index contributed by atoms with van der Waals surface area (Å²) in [7, 11) is 5.89. The van der Waals surface area contributed by atoms with Gasteiger partial charge in [0.05, 0.1) is 0 Å². The van der Waals surface area contributed by atoms with E-state index < -0.39 is 0 Å². The molecular formula is C14H23N. The number of allylic oxidation sites excluding steroid dienone is 4. The Balaban J connectivity index is 2.10. The second kappa shape index (κ2) is 6.84. The summed E-state index contributed by atoms with van der Waals surface area (Å²) < 4.78 is 0. The van der Waals surface area contributed by atoms with Gasteiger partial charge in [-0.15, -0.1) is 0 Å². The Hall–Kier alpha value is -0.560. The van der Waals surface area contributed by atoms with Crippen LogP contribution in [0.2, 0.25) is 0 Å². The fourth-order valence-electron chi connectivity index (χ4n) is 1.93. The van der Waals surface area contributed by atoms with E-state index in [0.29, 0.717) is 5.92 Å². The lowest BCUT2D eigenvalue weighted by molar-refractivity contribution is 0.321. The lowest BCUT2D eigenvalue weighted by Gasteiger charge is -2.18. The second-order valence-corrected chi connectivity index (χ2v) is 4.78. The maximum Gasteiger partial charge on any atom is 0.0438 e. The molecule has 0 aromatic rings. The minimum atomic E-state index is 0.659. The molecule has 0 aliphatic heterocycles. The van der Waals surface area contributed by atoms with Gasteiger partial charge in [0, 0.05) is 13.6 Å². The summed E-state index contributed by atoms with van der Waals surface area (Å²) in [6.07, 6.45) is 11.5. The molecule has 1 heteroatoms. The Labute approximate surface area is 94.9 Å². The quantitative estimate of drug-likeness (QED) is 0.598. The van der Waals surface area contributed by atoms with E-state index in [2.05, 4.69) is 32.1 Å². The number of hydrogen-bond acceptors (Lipinski definition) is 1. The van der Waals surface area contributed by atoms with E-state index in [-0.39, 0.29) is 0 Å². The minimum absolute atomic E-state index is 0.659. The molecule has 0 bridgehead atoms. The Bertz CT molecular complexity index is 225. The van der Waals surface area contributed by atoms with E-state index >= 15 is 0 Å². The Morgan fingerprint density at radius 3 is 2.87 bits per heavy atom. The van der Waals surface area contributed by atoms with Gasteiger partial charge in [-0.1, -0.05) is 37.6 Å². The molecule has 0 spiro atoms. The molecule has 0 aromatic heterocycles. The second-order valence-electron chi connectivity index (χ2n) is 4.78. The molecule has 1 aliphatic carbocycles. The molecule has 0 atom stereocenters. The number of nitrogens with zero attached hydrogens (tertiary/aromatic N) is 1. The van der Waals surface area contributed by atoms with Crippen LogP contribution in [0, 0.1) is 13.0 Å². The third-order valence-electron chi connectivity index (χ3n) is 2.64. The van der Waals surface area contributed by atoms with E-state index in [1.54, 1.807) is 5.57 Å². The van der Waals surface area contributed by atoms with E-state index in [1.165, 1.54) is 25.7 Å². The monoisotopic (exact) mass is 205 g/mol. The molecule has 0 heterocycles. The van der Waals surface area contributed by atoms with E-state index in [0.717, 1.165) is 13.1 Å². The van der Waals surface area contributed by atoms with Crippen LogP contribution in [0.3, 0.4) is 0 Å². The summed E-state index contributed by atoms with van der Waals surface area (Å²) in [6, 6.07) is 0. The predicted molar refractivity (Wildman–Crippen MR) is 66.4 cm³/mol. The van der Waals surface area contributed by atoms with Crippen molar-refractivity contribution in [3.8, 4) is 0 Å². The lowest BCUT2D eigenvalue weighted by Crippen LogP contribution is -2.22. The molecule has 1 nitrogen and oxygen atoms in total. The summed E-state index contributed by atoms with van der Waals surface area (Å²) in [6.45, 7) is 6.42. The highest BCUT2D eigenvalue weighted by Gasteiger charge is 2.03. The molecule has 2 radical (unpaired) electrons. The van der Waals surface area contributed by atoms with Crippen molar-refractivity contribution >= 4 is 0 Å². The highest BCUT2D eigenvalue weighted by atomic mass is 15.1. The van der Waals surface area contributed by atoms with Crippen molar-refractivity contribution in [2.45, 2.75) is 39.5 Å². The van der Waals surface area contributed by atoms with Crippen LogP contribution in [0.15, 0.2) is 23.8 Å². The van der Waals surface area contributed by atoms with Gasteiger partial charge in [-0.3, -0.25) is 4.90 Å². The number of hydrogen-bond donors (Lipinski definition) is 0. The zero-order chi connectivity index (χ0) is 11.1. The molecule has 84 valence electrons. The Morgan fingerprint density at radius 2 is 2.27 bits per heavy atom. The molecule has 0 aromatic carbocycles. The van der Waals surface area contributed by atoms with E-state index in [1.807, 2.05) is 4.90 Å². The standard InChI is InChI=1S/C14H23N/c1-13(2)12-15(3)11-7-10-14-8-5-4-6-9-14/h3-5,8,13H,6-7,9-12H2,1-2H3. The third-order valence-corrected chi connectivity index (χ3v) is 2.64. The van der Waals surface area contributed by atoms with Gasteiger partial charge in [-0.05, 0) is 38.1 Å². The Morgan fingerprint density at radius 1 is 1.47 bits per heavy atom. The largest absolute Gasteiger partial charge is 0.297 e. The van der Waals surface area contributed by atoms with Crippen molar-refractivity contribution in [3.63, 3.8) is 0 Å². The van der Waals surface area contributed by atoms with Crippen molar-refractivity contribution in [2.24, 2.45) is 5.92 Å². The van der Waals surface area contributed by atoms with E-state index in [4.69, 9.17) is 7.05 Å². The molecular weight excluding hydrogens is 182 g/mol. The first kappa shape index (κ1) is 12.5. The molecule has 0 saturated carbocycles. The third kappa shape index (κ3) is 5.78. The van der Waals surface area contributed by atoms with Crippen LogP contribution < -0.4 is 0 Å². The lowest BCUT2D eigenvalue weighted by atomic mass is 10.0. The molecule has 0 saturated heterocycles. The predicted octanol–water partition coefficient (Wildman–Crippen LogP) is 3.67. The average molecular weight is 205 g/mol. The molecule has 1 rings (SSSR count). The van der Waals surface area contributed by atoms with Crippen LogP contribution in [0.25, 0.3) is 0 Å². The molecule has 15 heavy (non-hydrogen) atoms. The van der Waals surface area contributed by atoms with Gasteiger partial charge in [0.15, 0.2) is 0 Å². The van der Waals surface area contributed by atoms with Crippen LogP contribution in [0.1, 0.15) is 39.5 Å². The average Bonchev–Trinajstić information content (AvgIpc) is 2.18. The van der Waals surface area contributed by atoms with Crippen LogP contribution in [-0.4, -0.2) is 18.0 Å². The van der Waals surface area contributed by atoms with Crippen LogP contribution in [0.4, 0.5) is 0 Å². The van der Waals surface area contributed by atoms with Gasteiger partial charge in [-0.25, -0.2) is 0 Å². The molecule has 1 aliphatic rings. The van der Waals surface area contributed by atoms with Gasteiger partial charge in [-0.2, -0.15) is 0 Å². The van der Waals surface area contributed by atoms with Gasteiger partial charge < -0.3 is 0 Å².